The van der Waals surface area contributed by atoms with E-state index < -0.39 is 12.0 Å². The van der Waals surface area contributed by atoms with Gasteiger partial charge in [0.2, 0.25) is 0 Å². The average molecular weight is 227 g/mol. The molecule has 0 aliphatic heterocycles. The van der Waals surface area contributed by atoms with E-state index >= 15 is 0 Å². The van der Waals surface area contributed by atoms with Crippen LogP contribution in [0, 0.1) is 12.7 Å². The molecule has 4 nitrogen and oxygen atoms in total. The van der Waals surface area contributed by atoms with Gasteiger partial charge in [0.25, 0.3) is 0 Å². The number of carboxylic acids is 1. The van der Waals surface area contributed by atoms with Gasteiger partial charge >= 0.3 is 5.97 Å². The third-order valence-corrected chi connectivity index (χ3v) is 2.23. The molecule has 0 saturated carbocycles. The number of hydrogen-bond acceptors (Lipinski definition) is 3. The van der Waals surface area contributed by atoms with E-state index in [4.69, 9.17) is 9.84 Å². The molecule has 1 unspecified atom stereocenters. The van der Waals surface area contributed by atoms with Crippen molar-refractivity contribution in [3.63, 3.8) is 0 Å². The molecule has 5 heteroatoms. The molecular formula is C11H14FNO3. The molecule has 0 aliphatic carbocycles. The highest BCUT2D eigenvalue weighted by Gasteiger charge is 2.18. The third kappa shape index (κ3) is 2.93. The Hall–Kier alpha value is -1.62. The molecule has 0 heterocycles. The predicted octanol–water partition coefficient (Wildman–Crippen LogP) is 1.65. The molecule has 0 radical (unpaired) electrons. The van der Waals surface area contributed by atoms with E-state index in [-0.39, 0.29) is 12.4 Å². The number of nitrogens with one attached hydrogen (secondary N) is 1. The zero-order valence-electron chi connectivity index (χ0n) is 9.16. The number of ether oxygens (including phenoxy) is 1. The highest BCUT2D eigenvalue weighted by molar-refractivity contribution is 5.77. The first-order valence-electron chi connectivity index (χ1n) is 4.79. The maximum atomic E-state index is 13.2. The summed E-state index contributed by atoms with van der Waals surface area (Å²) in [6.45, 7) is 1.61. The first-order valence-corrected chi connectivity index (χ1v) is 4.79. The van der Waals surface area contributed by atoms with E-state index in [0.717, 1.165) is 0 Å². The second-order valence-corrected chi connectivity index (χ2v) is 3.40. The zero-order chi connectivity index (χ0) is 12.1. The maximum absolute atomic E-state index is 13.2. The molecular weight excluding hydrogens is 213 g/mol. The summed E-state index contributed by atoms with van der Waals surface area (Å²) in [5.74, 6) is -1.41. The molecule has 2 N–H and O–H groups in total. The Morgan fingerprint density at radius 2 is 2.31 bits per heavy atom. The molecule has 0 aliphatic rings. The van der Waals surface area contributed by atoms with Crippen LogP contribution >= 0.6 is 0 Å². The van der Waals surface area contributed by atoms with Gasteiger partial charge < -0.3 is 15.2 Å². The number of aliphatic carboxylic acids is 1. The number of methoxy groups -OCH3 is 1. The van der Waals surface area contributed by atoms with Crippen molar-refractivity contribution >= 4 is 11.7 Å². The van der Waals surface area contributed by atoms with E-state index in [9.17, 15) is 9.18 Å². The van der Waals surface area contributed by atoms with Crippen molar-refractivity contribution < 1.29 is 19.0 Å². The number of hydrogen-bond donors (Lipinski definition) is 2. The lowest BCUT2D eigenvalue weighted by atomic mass is 10.1. The summed E-state index contributed by atoms with van der Waals surface area (Å²) < 4.78 is 18.0. The molecule has 0 spiro atoms. The fourth-order valence-corrected chi connectivity index (χ4v) is 1.29. The van der Waals surface area contributed by atoms with Crippen molar-refractivity contribution in [1.82, 2.24) is 0 Å². The summed E-state index contributed by atoms with van der Waals surface area (Å²) in [7, 11) is 1.41. The lowest BCUT2D eigenvalue weighted by Crippen LogP contribution is -2.33. The van der Waals surface area contributed by atoms with E-state index in [1.165, 1.54) is 19.2 Å². The highest BCUT2D eigenvalue weighted by Crippen LogP contribution is 2.18. The molecule has 0 saturated heterocycles. The van der Waals surface area contributed by atoms with Gasteiger partial charge in [-0.1, -0.05) is 6.07 Å². The second kappa shape index (κ2) is 5.46. The molecule has 1 aromatic rings. The molecule has 1 aromatic carbocycles. The topological polar surface area (TPSA) is 58.6 Å². The van der Waals surface area contributed by atoms with Crippen molar-refractivity contribution in [2.24, 2.45) is 0 Å². The predicted molar refractivity (Wildman–Crippen MR) is 58.1 cm³/mol. The summed E-state index contributed by atoms with van der Waals surface area (Å²) >= 11 is 0. The minimum atomic E-state index is -1.04. The molecule has 0 amide bonds. The Morgan fingerprint density at radius 1 is 1.62 bits per heavy atom. The van der Waals surface area contributed by atoms with E-state index in [1.54, 1.807) is 13.0 Å². The van der Waals surface area contributed by atoms with Gasteiger partial charge in [-0.15, -0.1) is 0 Å². The molecule has 16 heavy (non-hydrogen) atoms. The normalized spacial score (nSPS) is 12.2. The van der Waals surface area contributed by atoms with Crippen LogP contribution in [-0.4, -0.2) is 30.8 Å². The molecule has 88 valence electrons. The lowest BCUT2D eigenvalue weighted by molar-refractivity contribution is -0.139. The Balaban J connectivity index is 2.85. The molecule has 0 aromatic heterocycles. The van der Waals surface area contributed by atoms with Gasteiger partial charge in [-0.05, 0) is 19.1 Å². The molecule has 0 bridgehead atoms. The highest BCUT2D eigenvalue weighted by atomic mass is 19.1. The fourth-order valence-electron chi connectivity index (χ4n) is 1.29. The summed E-state index contributed by atoms with van der Waals surface area (Å²) in [5.41, 5.74) is 0.856. The second-order valence-electron chi connectivity index (χ2n) is 3.40. The van der Waals surface area contributed by atoms with E-state index in [1.807, 2.05) is 0 Å². The first kappa shape index (κ1) is 12.4. The fraction of sp³-hybridized carbons (Fsp3) is 0.364. The van der Waals surface area contributed by atoms with Gasteiger partial charge in [-0.3, -0.25) is 0 Å². The van der Waals surface area contributed by atoms with Crippen LogP contribution in [0.25, 0.3) is 0 Å². The first-order chi connectivity index (χ1) is 7.56. The number of benzene rings is 1. The summed E-state index contributed by atoms with van der Waals surface area (Å²) in [6.07, 6.45) is 0. The largest absolute Gasteiger partial charge is 0.480 e. The van der Waals surface area contributed by atoms with Crippen LogP contribution < -0.4 is 5.32 Å². The van der Waals surface area contributed by atoms with Gasteiger partial charge in [-0.2, -0.15) is 0 Å². The van der Waals surface area contributed by atoms with Gasteiger partial charge in [-0.25, -0.2) is 9.18 Å². The van der Waals surface area contributed by atoms with E-state index in [2.05, 4.69) is 5.32 Å². The molecule has 1 rings (SSSR count). The third-order valence-electron chi connectivity index (χ3n) is 2.23. The zero-order valence-corrected chi connectivity index (χ0v) is 9.16. The van der Waals surface area contributed by atoms with Crippen LogP contribution in [0.1, 0.15) is 5.56 Å². The SMILES string of the molecule is COCC(Nc1cccc(F)c1C)C(=O)O. The van der Waals surface area contributed by atoms with Crippen molar-refractivity contribution in [2.45, 2.75) is 13.0 Å². The van der Waals surface area contributed by atoms with Crippen LogP contribution in [0.2, 0.25) is 0 Å². The Kier molecular flexibility index (Phi) is 4.25. The maximum Gasteiger partial charge on any atom is 0.328 e. The number of carboxylic acid groups (broad SMARTS) is 1. The Morgan fingerprint density at radius 3 is 2.88 bits per heavy atom. The van der Waals surface area contributed by atoms with Gasteiger partial charge in [0.05, 0.1) is 6.61 Å². The van der Waals surface area contributed by atoms with Crippen molar-refractivity contribution in [2.75, 3.05) is 19.0 Å². The van der Waals surface area contributed by atoms with E-state index in [0.29, 0.717) is 11.3 Å². The average Bonchev–Trinajstić information content (AvgIpc) is 2.23. The monoisotopic (exact) mass is 227 g/mol. The minimum Gasteiger partial charge on any atom is -0.480 e. The van der Waals surface area contributed by atoms with Gasteiger partial charge in [0.1, 0.15) is 11.9 Å². The van der Waals surface area contributed by atoms with Crippen LogP contribution in [0.3, 0.4) is 0 Å². The summed E-state index contributed by atoms with van der Waals surface area (Å²) in [5, 5.41) is 11.6. The molecule has 0 fully saturated rings. The Bertz CT molecular complexity index is 381. The Labute approximate surface area is 93.0 Å². The quantitative estimate of drug-likeness (QED) is 0.803. The molecule has 1 atom stereocenters. The van der Waals surface area contributed by atoms with Crippen LogP contribution in [0.15, 0.2) is 18.2 Å². The van der Waals surface area contributed by atoms with Crippen molar-refractivity contribution in [3.05, 3.63) is 29.6 Å². The van der Waals surface area contributed by atoms with Crippen molar-refractivity contribution in [1.29, 1.82) is 0 Å². The summed E-state index contributed by atoms with van der Waals surface area (Å²) in [6, 6.07) is 3.60. The minimum absolute atomic E-state index is 0.0191. The number of rotatable bonds is 5. The summed E-state index contributed by atoms with van der Waals surface area (Å²) in [4.78, 5) is 10.9. The van der Waals surface area contributed by atoms with Crippen LogP contribution in [-0.2, 0) is 9.53 Å². The number of halogens is 1. The van der Waals surface area contributed by atoms with Crippen molar-refractivity contribution in [3.8, 4) is 0 Å². The van der Waals surface area contributed by atoms with Gasteiger partial charge in [0, 0.05) is 18.4 Å². The number of anilines is 1. The van der Waals surface area contributed by atoms with Crippen LogP contribution in [0.4, 0.5) is 10.1 Å². The number of carbonyl (C=O) groups is 1. The van der Waals surface area contributed by atoms with Crippen LogP contribution in [0.5, 0.6) is 0 Å². The standard InChI is InChI=1S/C11H14FNO3/c1-7-8(12)4-3-5-9(7)13-10(6-16-2)11(14)15/h3-5,10,13H,6H2,1-2H3,(H,14,15). The van der Waals surface area contributed by atoms with Gasteiger partial charge in [0.15, 0.2) is 0 Å². The lowest BCUT2D eigenvalue weighted by Gasteiger charge is -2.16. The smallest absolute Gasteiger partial charge is 0.328 e.